The number of carbonyl (C=O) groups excluding carboxylic acids is 1. The Morgan fingerprint density at radius 3 is 2.40 bits per heavy atom. The van der Waals surface area contributed by atoms with Crippen molar-refractivity contribution in [2.75, 3.05) is 0 Å². The number of carboxylic acids is 1. The molecule has 0 fully saturated rings. The SMILES string of the molecule is O=C([O-])c1nnc(CCC(F)(F)F)o1.[Li+]. The minimum atomic E-state index is -4.34. The summed E-state index contributed by atoms with van der Waals surface area (Å²) in [5.74, 6) is -2.90. The molecule has 1 aromatic rings. The molecule has 0 N–H and O–H groups in total. The molecular weight excluding hydrogens is 212 g/mol. The molecular formula is C6H4F3LiN2O3. The molecule has 9 heteroatoms. The van der Waals surface area contributed by atoms with Crippen LogP contribution in [0, 0.1) is 0 Å². The third-order valence-corrected chi connectivity index (χ3v) is 1.26. The quantitative estimate of drug-likeness (QED) is 0.501. The van der Waals surface area contributed by atoms with Crippen molar-refractivity contribution in [1.82, 2.24) is 10.2 Å². The van der Waals surface area contributed by atoms with Gasteiger partial charge in [-0.2, -0.15) is 13.2 Å². The van der Waals surface area contributed by atoms with Crippen molar-refractivity contribution in [3.63, 3.8) is 0 Å². The number of hydrogen-bond donors (Lipinski definition) is 0. The van der Waals surface area contributed by atoms with Crippen LogP contribution in [0.4, 0.5) is 13.2 Å². The average molecular weight is 216 g/mol. The van der Waals surface area contributed by atoms with E-state index in [0.717, 1.165) is 0 Å². The standard InChI is InChI=1S/C6H5F3N2O3.Li/c7-6(8,9)2-1-3-10-11-4(14-3)5(12)13;/h1-2H2,(H,12,13);/q;+1/p-1. The number of hydrogen-bond acceptors (Lipinski definition) is 5. The molecule has 1 rings (SSSR count). The summed E-state index contributed by atoms with van der Waals surface area (Å²) in [5, 5.41) is 16.2. The fraction of sp³-hybridized carbons (Fsp3) is 0.500. The maximum absolute atomic E-state index is 11.7. The third-order valence-electron chi connectivity index (χ3n) is 1.26. The molecule has 0 spiro atoms. The van der Waals surface area contributed by atoms with Crippen LogP contribution in [0.2, 0.25) is 0 Å². The van der Waals surface area contributed by atoms with E-state index in [0.29, 0.717) is 0 Å². The van der Waals surface area contributed by atoms with Crippen molar-refractivity contribution >= 4 is 5.97 Å². The summed E-state index contributed by atoms with van der Waals surface area (Å²) in [6.07, 6.45) is -6.01. The fourth-order valence-corrected chi connectivity index (χ4v) is 0.686. The van der Waals surface area contributed by atoms with Gasteiger partial charge in [-0.1, -0.05) is 0 Å². The van der Waals surface area contributed by atoms with Crippen molar-refractivity contribution in [2.45, 2.75) is 19.0 Å². The zero-order valence-electron chi connectivity index (χ0n) is 7.67. The van der Waals surface area contributed by atoms with Crippen LogP contribution in [0.5, 0.6) is 0 Å². The number of carbonyl (C=O) groups is 1. The fourth-order valence-electron chi connectivity index (χ4n) is 0.686. The Labute approximate surface area is 93.8 Å². The molecule has 0 amide bonds. The first-order chi connectivity index (χ1) is 6.38. The number of alkyl halides is 3. The topological polar surface area (TPSA) is 79.0 Å². The molecule has 15 heavy (non-hydrogen) atoms. The molecule has 0 aliphatic carbocycles. The predicted molar refractivity (Wildman–Crippen MR) is 33.0 cm³/mol. The van der Waals surface area contributed by atoms with Crippen LogP contribution in [0.3, 0.4) is 0 Å². The van der Waals surface area contributed by atoms with Crippen LogP contribution < -0.4 is 24.0 Å². The van der Waals surface area contributed by atoms with Gasteiger partial charge in [0.25, 0.3) is 5.89 Å². The van der Waals surface area contributed by atoms with E-state index in [4.69, 9.17) is 0 Å². The summed E-state index contributed by atoms with van der Waals surface area (Å²) in [6.45, 7) is 0. The summed E-state index contributed by atoms with van der Waals surface area (Å²) in [5.41, 5.74) is 0. The molecule has 0 unspecified atom stereocenters. The number of aromatic carboxylic acids is 1. The van der Waals surface area contributed by atoms with Gasteiger partial charge >= 0.3 is 25.0 Å². The molecule has 0 saturated carbocycles. The van der Waals surface area contributed by atoms with Gasteiger partial charge in [0.2, 0.25) is 5.89 Å². The van der Waals surface area contributed by atoms with Gasteiger partial charge in [0.1, 0.15) is 5.97 Å². The first kappa shape index (κ1) is 14.0. The largest absolute Gasteiger partial charge is 1.00 e. The van der Waals surface area contributed by atoms with Gasteiger partial charge in [-0.25, -0.2) is 0 Å². The second-order valence-electron chi connectivity index (χ2n) is 2.40. The van der Waals surface area contributed by atoms with Crippen molar-refractivity contribution in [1.29, 1.82) is 0 Å². The summed E-state index contributed by atoms with van der Waals surface area (Å²) < 4.78 is 39.4. The first-order valence-electron chi connectivity index (χ1n) is 3.49. The maximum atomic E-state index is 11.7. The monoisotopic (exact) mass is 216 g/mol. The molecule has 0 aliphatic heterocycles. The van der Waals surface area contributed by atoms with Crippen molar-refractivity contribution < 1.29 is 46.4 Å². The molecule has 1 heterocycles. The second-order valence-corrected chi connectivity index (χ2v) is 2.40. The summed E-state index contributed by atoms with van der Waals surface area (Å²) in [7, 11) is 0. The number of rotatable bonds is 3. The Bertz CT molecular complexity index is 339. The molecule has 0 bridgehead atoms. The molecule has 0 radical (unpaired) electrons. The third kappa shape index (κ3) is 4.85. The van der Waals surface area contributed by atoms with Crippen molar-refractivity contribution in [2.24, 2.45) is 0 Å². The molecule has 0 aromatic carbocycles. The van der Waals surface area contributed by atoms with Crippen molar-refractivity contribution in [3.8, 4) is 0 Å². The van der Waals surface area contributed by atoms with Gasteiger partial charge in [-0.05, 0) is 0 Å². The van der Waals surface area contributed by atoms with E-state index in [1.807, 2.05) is 0 Å². The zero-order chi connectivity index (χ0) is 10.8. The Morgan fingerprint density at radius 2 is 2.00 bits per heavy atom. The molecule has 5 nitrogen and oxygen atoms in total. The van der Waals surface area contributed by atoms with E-state index in [-0.39, 0.29) is 24.8 Å². The number of aromatic nitrogens is 2. The number of halogens is 3. The Hall–Kier alpha value is -1.00. The normalized spacial score (nSPS) is 10.9. The zero-order valence-corrected chi connectivity index (χ0v) is 7.67. The van der Waals surface area contributed by atoms with Crippen LogP contribution in [-0.4, -0.2) is 22.3 Å². The van der Waals surface area contributed by atoms with Gasteiger partial charge in [0.05, 0.1) is 6.42 Å². The number of carboxylic acid groups (broad SMARTS) is 1. The molecule has 0 aliphatic rings. The van der Waals surface area contributed by atoms with E-state index in [1.54, 1.807) is 0 Å². The van der Waals surface area contributed by atoms with Gasteiger partial charge in [0, 0.05) is 6.42 Å². The van der Waals surface area contributed by atoms with Gasteiger partial charge in [0.15, 0.2) is 0 Å². The summed E-state index contributed by atoms with van der Waals surface area (Å²) in [4.78, 5) is 10.1. The number of aryl methyl sites for hydroxylation is 1. The van der Waals surface area contributed by atoms with Gasteiger partial charge in [-0.3, -0.25) is 0 Å². The van der Waals surface area contributed by atoms with E-state index < -0.39 is 30.9 Å². The molecule has 0 atom stereocenters. The van der Waals surface area contributed by atoms with E-state index >= 15 is 0 Å². The molecule has 0 saturated heterocycles. The number of nitrogens with zero attached hydrogens (tertiary/aromatic N) is 2. The van der Waals surface area contributed by atoms with E-state index in [1.165, 1.54) is 0 Å². The van der Waals surface area contributed by atoms with Crippen LogP contribution >= 0.6 is 0 Å². The summed E-state index contributed by atoms with van der Waals surface area (Å²) in [6, 6.07) is 0. The molecule has 78 valence electrons. The van der Waals surface area contributed by atoms with Crippen molar-refractivity contribution in [3.05, 3.63) is 11.8 Å². The van der Waals surface area contributed by atoms with Crippen LogP contribution in [0.15, 0.2) is 4.42 Å². The first-order valence-corrected chi connectivity index (χ1v) is 3.49. The Morgan fingerprint density at radius 1 is 1.40 bits per heavy atom. The molecule has 1 aromatic heterocycles. The van der Waals surface area contributed by atoms with E-state index in [2.05, 4.69) is 14.6 Å². The maximum Gasteiger partial charge on any atom is 1.00 e. The minimum Gasteiger partial charge on any atom is -0.540 e. The van der Waals surface area contributed by atoms with Crippen LogP contribution in [-0.2, 0) is 6.42 Å². The van der Waals surface area contributed by atoms with E-state index in [9.17, 15) is 23.1 Å². The minimum absolute atomic E-state index is 0. The Kier molecular flexibility index (Phi) is 4.84. The summed E-state index contributed by atoms with van der Waals surface area (Å²) >= 11 is 0. The Balaban J connectivity index is 0.00000196. The second kappa shape index (κ2) is 5.18. The smallest absolute Gasteiger partial charge is 0.540 e. The van der Waals surface area contributed by atoms with Crippen LogP contribution in [0.25, 0.3) is 0 Å². The van der Waals surface area contributed by atoms with Gasteiger partial charge in [-0.15, -0.1) is 10.2 Å². The average Bonchev–Trinajstić information content (AvgIpc) is 2.47. The van der Waals surface area contributed by atoms with Gasteiger partial charge < -0.3 is 14.3 Å². The predicted octanol–water partition coefficient (Wildman–Crippen LogP) is -3.07. The van der Waals surface area contributed by atoms with Crippen LogP contribution in [0.1, 0.15) is 23.0 Å².